The Hall–Kier alpha value is -2.37. The molecule has 0 aromatic heterocycles. The SMILES string of the molecule is CC(=O)N[C@@H](CC(C)C)C(=O)N[C@H](Cc1ccccc1)C(N)=O. The minimum Gasteiger partial charge on any atom is -0.368 e. The lowest BCUT2D eigenvalue weighted by Gasteiger charge is -2.22. The van der Waals surface area contributed by atoms with E-state index in [1.54, 1.807) is 0 Å². The van der Waals surface area contributed by atoms with E-state index in [0.29, 0.717) is 12.8 Å². The van der Waals surface area contributed by atoms with Crippen molar-refractivity contribution in [2.24, 2.45) is 11.7 Å². The van der Waals surface area contributed by atoms with Gasteiger partial charge in [0.1, 0.15) is 12.1 Å². The molecule has 0 bridgehead atoms. The Labute approximate surface area is 136 Å². The van der Waals surface area contributed by atoms with Gasteiger partial charge in [-0.1, -0.05) is 44.2 Å². The molecule has 1 rings (SSSR count). The first-order chi connectivity index (χ1) is 10.8. The summed E-state index contributed by atoms with van der Waals surface area (Å²) >= 11 is 0. The summed E-state index contributed by atoms with van der Waals surface area (Å²) in [5, 5.41) is 5.26. The van der Waals surface area contributed by atoms with Crippen LogP contribution >= 0.6 is 0 Å². The van der Waals surface area contributed by atoms with E-state index >= 15 is 0 Å². The summed E-state index contributed by atoms with van der Waals surface area (Å²) in [6, 6.07) is 7.82. The van der Waals surface area contributed by atoms with Gasteiger partial charge in [0.25, 0.3) is 0 Å². The number of rotatable bonds is 8. The Morgan fingerprint density at radius 1 is 1.04 bits per heavy atom. The molecule has 0 saturated heterocycles. The summed E-state index contributed by atoms with van der Waals surface area (Å²) in [7, 11) is 0. The highest BCUT2D eigenvalue weighted by atomic mass is 16.2. The summed E-state index contributed by atoms with van der Waals surface area (Å²) in [6.07, 6.45) is 0.804. The van der Waals surface area contributed by atoms with Crippen LogP contribution in [-0.2, 0) is 20.8 Å². The Kier molecular flexibility index (Phi) is 7.25. The van der Waals surface area contributed by atoms with E-state index in [-0.39, 0.29) is 11.8 Å². The van der Waals surface area contributed by atoms with Crippen LogP contribution in [0.3, 0.4) is 0 Å². The van der Waals surface area contributed by atoms with Gasteiger partial charge >= 0.3 is 0 Å². The van der Waals surface area contributed by atoms with Crippen molar-refractivity contribution in [3.63, 3.8) is 0 Å². The molecule has 6 nitrogen and oxygen atoms in total. The maximum Gasteiger partial charge on any atom is 0.243 e. The smallest absolute Gasteiger partial charge is 0.243 e. The lowest BCUT2D eigenvalue weighted by molar-refractivity contribution is -0.131. The Morgan fingerprint density at radius 2 is 1.65 bits per heavy atom. The molecular formula is C17H25N3O3. The van der Waals surface area contributed by atoms with Gasteiger partial charge in [-0.05, 0) is 17.9 Å². The highest BCUT2D eigenvalue weighted by Gasteiger charge is 2.25. The fourth-order valence-electron chi connectivity index (χ4n) is 2.29. The standard InChI is InChI=1S/C17H25N3O3/c1-11(2)9-15(19-12(3)21)17(23)20-14(16(18)22)10-13-7-5-4-6-8-13/h4-8,11,14-15H,9-10H2,1-3H3,(H2,18,22)(H,19,21)(H,20,23)/t14-,15+/m1/s1. The van der Waals surface area contributed by atoms with E-state index in [1.165, 1.54) is 6.92 Å². The number of nitrogens with two attached hydrogens (primary N) is 1. The van der Waals surface area contributed by atoms with Crippen molar-refractivity contribution in [2.45, 2.75) is 45.7 Å². The molecule has 0 unspecified atom stereocenters. The average Bonchev–Trinajstić information content (AvgIpc) is 2.45. The predicted molar refractivity (Wildman–Crippen MR) is 88.3 cm³/mol. The van der Waals surface area contributed by atoms with Crippen LogP contribution in [-0.4, -0.2) is 29.8 Å². The van der Waals surface area contributed by atoms with Crippen LogP contribution < -0.4 is 16.4 Å². The first-order valence-corrected chi connectivity index (χ1v) is 7.70. The zero-order valence-electron chi connectivity index (χ0n) is 13.8. The number of hydrogen-bond donors (Lipinski definition) is 3. The Bertz CT molecular complexity index is 543. The van der Waals surface area contributed by atoms with Gasteiger partial charge in [-0.2, -0.15) is 0 Å². The highest BCUT2D eigenvalue weighted by molar-refractivity contribution is 5.91. The van der Waals surface area contributed by atoms with Crippen LogP contribution in [0.15, 0.2) is 30.3 Å². The number of primary amides is 1. The predicted octanol–water partition coefficient (Wildman–Crippen LogP) is 0.750. The van der Waals surface area contributed by atoms with Crippen LogP contribution in [0.25, 0.3) is 0 Å². The monoisotopic (exact) mass is 319 g/mol. The number of nitrogens with one attached hydrogen (secondary N) is 2. The van der Waals surface area contributed by atoms with E-state index in [4.69, 9.17) is 5.73 Å². The second kappa shape index (κ2) is 8.92. The summed E-state index contributed by atoms with van der Waals surface area (Å²) in [4.78, 5) is 35.3. The van der Waals surface area contributed by atoms with Gasteiger partial charge in [0.2, 0.25) is 17.7 Å². The van der Waals surface area contributed by atoms with Crippen molar-refractivity contribution in [2.75, 3.05) is 0 Å². The minimum absolute atomic E-state index is 0.221. The lowest BCUT2D eigenvalue weighted by Crippen LogP contribution is -2.53. The highest BCUT2D eigenvalue weighted by Crippen LogP contribution is 2.07. The van der Waals surface area contributed by atoms with Gasteiger partial charge in [-0.3, -0.25) is 14.4 Å². The maximum absolute atomic E-state index is 12.4. The molecule has 3 amide bonds. The van der Waals surface area contributed by atoms with E-state index < -0.39 is 23.9 Å². The van der Waals surface area contributed by atoms with Gasteiger partial charge in [0, 0.05) is 13.3 Å². The second-order valence-corrected chi connectivity index (χ2v) is 6.04. The Balaban J connectivity index is 2.78. The third-order valence-corrected chi connectivity index (χ3v) is 3.34. The molecule has 0 radical (unpaired) electrons. The van der Waals surface area contributed by atoms with Crippen LogP contribution in [0, 0.1) is 5.92 Å². The lowest BCUT2D eigenvalue weighted by atomic mass is 10.0. The van der Waals surface area contributed by atoms with Crippen LogP contribution in [0.5, 0.6) is 0 Å². The maximum atomic E-state index is 12.4. The van der Waals surface area contributed by atoms with Crippen molar-refractivity contribution in [1.29, 1.82) is 0 Å². The molecule has 2 atom stereocenters. The normalized spacial score (nSPS) is 13.2. The minimum atomic E-state index is -0.812. The molecule has 0 aliphatic heterocycles. The van der Waals surface area contributed by atoms with Crippen molar-refractivity contribution < 1.29 is 14.4 Å². The fourth-order valence-corrected chi connectivity index (χ4v) is 2.29. The molecule has 6 heteroatoms. The molecule has 1 aromatic carbocycles. The number of amides is 3. The van der Waals surface area contributed by atoms with E-state index in [0.717, 1.165) is 5.56 Å². The third-order valence-electron chi connectivity index (χ3n) is 3.34. The summed E-state index contributed by atoms with van der Waals surface area (Å²) in [6.45, 7) is 5.27. The van der Waals surface area contributed by atoms with Crippen LogP contribution in [0.1, 0.15) is 32.8 Å². The van der Waals surface area contributed by atoms with E-state index in [1.807, 2.05) is 44.2 Å². The first kappa shape index (κ1) is 18.7. The molecule has 1 aromatic rings. The van der Waals surface area contributed by atoms with Crippen molar-refractivity contribution in [3.05, 3.63) is 35.9 Å². The largest absolute Gasteiger partial charge is 0.368 e. The van der Waals surface area contributed by atoms with Crippen LogP contribution in [0.4, 0.5) is 0 Å². The molecule has 0 heterocycles. The summed E-state index contributed by atoms with van der Waals surface area (Å²) in [5.74, 6) is -1.06. The molecule has 126 valence electrons. The molecular weight excluding hydrogens is 294 g/mol. The van der Waals surface area contributed by atoms with Crippen molar-refractivity contribution in [3.8, 4) is 0 Å². The molecule has 0 spiro atoms. The van der Waals surface area contributed by atoms with Crippen LogP contribution in [0.2, 0.25) is 0 Å². The number of carbonyl (C=O) groups is 3. The number of carbonyl (C=O) groups excluding carboxylic acids is 3. The number of benzene rings is 1. The fraction of sp³-hybridized carbons (Fsp3) is 0.471. The van der Waals surface area contributed by atoms with Gasteiger partial charge in [0.05, 0.1) is 0 Å². The van der Waals surface area contributed by atoms with Crippen molar-refractivity contribution >= 4 is 17.7 Å². The molecule has 0 aliphatic rings. The summed E-state index contributed by atoms with van der Waals surface area (Å²) in [5.41, 5.74) is 6.29. The topological polar surface area (TPSA) is 101 Å². The van der Waals surface area contributed by atoms with Gasteiger partial charge in [0.15, 0.2) is 0 Å². The second-order valence-electron chi connectivity index (χ2n) is 6.04. The molecule has 4 N–H and O–H groups in total. The van der Waals surface area contributed by atoms with E-state index in [2.05, 4.69) is 10.6 Å². The van der Waals surface area contributed by atoms with Gasteiger partial charge < -0.3 is 16.4 Å². The quantitative estimate of drug-likeness (QED) is 0.659. The average molecular weight is 319 g/mol. The zero-order valence-corrected chi connectivity index (χ0v) is 13.8. The first-order valence-electron chi connectivity index (χ1n) is 7.70. The van der Waals surface area contributed by atoms with Crippen molar-refractivity contribution in [1.82, 2.24) is 10.6 Å². The third kappa shape index (κ3) is 6.95. The molecule has 0 saturated carbocycles. The molecule has 0 fully saturated rings. The molecule has 0 aliphatic carbocycles. The van der Waals surface area contributed by atoms with Gasteiger partial charge in [-0.25, -0.2) is 0 Å². The summed E-state index contributed by atoms with van der Waals surface area (Å²) < 4.78 is 0. The Morgan fingerprint density at radius 3 is 2.13 bits per heavy atom. The van der Waals surface area contributed by atoms with E-state index in [9.17, 15) is 14.4 Å². The molecule has 23 heavy (non-hydrogen) atoms. The van der Waals surface area contributed by atoms with Gasteiger partial charge in [-0.15, -0.1) is 0 Å². The number of hydrogen-bond acceptors (Lipinski definition) is 3. The zero-order chi connectivity index (χ0) is 17.4.